The van der Waals surface area contributed by atoms with E-state index in [-0.39, 0.29) is 18.6 Å². The molecule has 1 saturated heterocycles. The van der Waals surface area contributed by atoms with E-state index in [0.29, 0.717) is 31.3 Å². The largest absolute Gasteiger partial charge is 0.474 e. The summed E-state index contributed by atoms with van der Waals surface area (Å²) in [6.07, 6.45) is 7.07. The summed E-state index contributed by atoms with van der Waals surface area (Å²) in [5.74, 6) is 0.301. The van der Waals surface area contributed by atoms with Gasteiger partial charge in [-0.3, -0.25) is 9.48 Å². The molecule has 4 rings (SSSR count). The van der Waals surface area contributed by atoms with Gasteiger partial charge in [-0.1, -0.05) is 6.07 Å². The van der Waals surface area contributed by atoms with Crippen LogP contribution in [0.25, 0.3) is 0 Å². The number of carbonyl (C=O) groups is 2. The molecule has 8 heteroatoms. The molecule has 2 aromatic rings. The molecule has 2 aromatic heterocycles. The second-order valence-electron chi connectivity index (χ2n) is 8.18. The van der Waals surface area contributed by atoms with Crippen LogP contribution in [0, 0.1) is 6.92 Å². The number of likely N-dealkylation sites (tertiary alicyclic amines) is 1. The summed E-state index contributed by atoms with van der Waals surface area (Å²) < 4.78 is 12.9. The summed E-state index contributed by atoms with van der Waals surface area (Å²) in [5, 5.41) is 4.49. The van der Waals surface area contributed by atoms with Gasteiger partial charge in [-0.05, 0) is 45.6 Å². The molecule has 1 aliphatic heterocycles. The van der Waals surface area contributed by atoms with Crippen molar-refractivity contribution in [1.29, 1.82) is 0 Å². The minimum Gasteiger partial charge on any atom is -0.474 e. The molecular formula is C23H30N4O4. The van der Waals surface area contributed by atoms with Gasteiger partial charge >= 0.3 is 5.97 Å². The van der Waals surface area contributed by atoms with Crippen LogP contribution in [0.4, 0.5) is 0 Å². The minimum atomic E-state index is -0.394. The van der Waals surface area contributed by atoms with Crippen LogP contribution in [0.15, 0.2) is 18.3 Å². The topological polar surface area (TPSA) is 86.5 Å². The lowest BCUT2D eigenvalue weighted by atomic mass is 9.95. The molecule has 1 fully saturated rings. The maximum Gasteiger partial charge on any atom is 0.359 e. The Morgan fingerprint density at radius 3 is 2.71 bits per heavy atom. The van der Waals surface area contributed by atoms with Gasteiger partial charge in [0.25, 0.3) is 0 Å². The molecule has 0 N–H and O–H groups in total. The first-order chi connectivity index (χ1) is 15.1. The number of pyridine rings is 1. The van der Waals surface area contributed by atoms with Crippen LogP contribution in [0.5, 0.6) is 5.88 Å². The highest BCUT2D eigenvalue weighted by Crippen LogP contribution is 2.26. The lowest BCUT2D eigenvalue weighted by Crippen LogP contribution is -2.43. The molecule has 0 radical (unpaired) electrons. The quantitative estimate of drug-likeness (QED) is 0.660. The number of ether oxygens (including phenoxy) is 2. The lowest BCUT2D eigenvalue weighted by Gasteiger charge is -2.32. The fraction of sp³-hybridized carbons (Fsp3) is 0.565. The van der Waals surface area contributed by atoms with Crippen LogP contribution in [0.1, 0.15) is 59.9 Å². The van der Waals surface area contributed by atoms with Gasteiger partial charge in [-0.2, -0.15) is 5.10 Å². The van der Waals surface area contributed by atoms with E-state index in [2.05, 4.69) is 10.1 Å². The Morgan fingerprint density at radius 1 is 1.19 bits per heavy atom. The third kappa shape index (κ3) is 4.73. The van der Waals surface area contributed by atoms with Gasteiger partial charge in [0, 0.05) is 48.9 Å². The van der Waals surface area contributed by atoms with Crippen molar-refractivity contribution in [3.8, 4) is 5.88 Å². The number of piperidine rings is 1. The van der Waals surface area contributed by atoms with E-state index in [0.717, 1.165) is 55.3 Å². The van der Waals surface area contributed by atoms with Crippen molar-refractivity contribution in [2.45, 2.75) is 65.0 Å². The van der Waals surface area contributed by atoms with Crippen molar-refractivity contribution in [1.82, 2.24) is 19.7 Å². The second kappa shape index (κ2) is 9.49. The highest BCUT2D eigenvalue weighted by molar-refractivity contribution is 5.89. The predicted octanol–water partition coefficient (Wildman–Crippen LogP) is 2.71. The molecule has 1 amide bonds. The molecular weight excluding hydrogens is 396 g/mol. The summed E-state index contributed by atoms with van der Waals surface area (Å²) in [6, 6.07) is 3.88. The van der Waals surface area contributed by atoms with Gasteiger partial charge in [0.15, 0.2) is 5.69 Å². The lowest BCUT2D eigenvalue weighted by molar-refractivity contribution is -0.133. The molecule has 0 bridgehead atoms. The summed E-state index contributed by atoms with van der Waals surface area (Å²) in [5.41, 5.74) is 3.35. The number of hydrogen-bond donors (Lipinski definition) is 0. The van der Waals surface area contributed by atoms with Gasteiger partial charge in [0.1, 0.15) is 12.6 Å². The Morgan fingerprint density at radius 2 is 1.97 bits per heavy atom. The molecule has 2 aliphatic rings. The second-order valence-corrected chi connectivity index (χ2v) is 8.18. The average molecular weight is 427 g/mol. The first kappa shape index (κ1) is 21.3. The molecule has 0 saturated carbocycles. The van der Waals surface area contributed by atoms with Crippen LogP contribution < -0.4 is 4.74 Å². The Kier molecular flexibility index (Phi) is 6.53. The van der Waals surface area contributed by atoms with E-state index in [1.165, 1.54) is 0 Å². The molecule has 0 aromatic carbocycles. The minimum absolute atomic E-state index is 0.0266. The van der Waals surface area contributed by atoms with Gasteiger partial charge in [-0.15, -0.1) is 0 Å². The summed E-state index contributed by atoms with van der Waals surface area (Å²) in [6.45, 7) is 5.53. The van der Waals surface area contributed by atoms with Crippen molar-refractivity contribution >= 4 is 11.9 Å². The maximum absolute atomic E-state index is 13.0. The smallest absolute Gasteiger partial charge is 0.359 e. The number of rotatable bonds is 6. The third-order valence-corrected chi connectivity index (χ3v) is 6.05. The Hall–Kier alpha value is -2.90. The molecule has 0 atom stereocenters. The molecule has 166 valence electrons. The zero-order chi connectivity index (χ0) is 21.8. The Labute approximate surface area is 182 Å². The molecule has 3 heterocycles. The van der Waals surface area contributed by atoms with Gasteiger partial charge in [-0.25, -0.2) is 9.78 Å². The van der Waals surface area contributed by atoms with E-state index in [1.807, 2.05) is 24.0 Å². The number of hydrogen-bond acceptors (Lipinski definition) is 6. The number of esters is 1. The van der Waals surface area contributed by atoms with Crippen LogP contribution in [0.3, 0.4) is 0 Å². The van der Waals surface area contributed by atoms with Crippen LogP contribution in [-0.2, 0) is 28.9 Å². The van der Waals surface area contributed by atoms with Crippen LogP contribution >= 0.6 is 0 Å². The number of amides is 1. The molecule has 0 unspecified atom stereocenters. The van der Waals surface area contributed by atoms with E-state index >= 15 is 0 Å². The predicted molar refractivity (Wildman–Crippen MR) is 114 cm³/mol. The van der Waals surface area contributed by atoms with E-state index < -0.39 is 5.97 Å². The Bertz CT molecular complexity index is 947. The van der Waals surface area contributed by atoms with Crippen molar-refractivity contribution in [3.63, 3.8) is 0 Å². The van der Waals surface area contributed by atoms with Crippen molar-refractivity contribution in [2.75, 3.05) is 19.7 Å². The van der Waals surface area contributed by atoms with E-state index in [9.17, 15) is 9.59 Å². The van der Waals surface area contributed by atoms with Crippen molar-refractivity contribution in [2.24, 2.45) is 0 Å². The van der Waals surface area contributed by atoms with Crippen molar-refractivity contribution < 1.29 is 19.1 Å². The molecule has 8 nitrogen and oxygen atoms in total. The summed E-state index contributed by atoms with van der Waals surface area (Å²) in [4.78, 5) is 31.5. The summed E-state index contributed by atoms with van der Waals surface area (Å²) in [7, 11) is 0. The normalized spacial score (nSPS) is 16.6. The summed E-state index contributed by atoms with van der Waals surface area (Å²) >= 11 is 0. The maximum atomic E-state index is 13.0. The fourth-order valence-electron chi connectivity index (χ4n) is 4.37. The standard InChI is InChI=1S/C23H30N4O4/c1-3-30-23(29)21-18-8-4-5-9-19(18)27(25-21)15-20(28)26-13-10-17(11-14-26)31-22-16(2)7-6-12-24-22/h6-7,12,17H,3-5,8-11,13-15H2,1-2H3. The number of fused-ring (bicyclic) bond motifs is 1. The zero-order valence-corrected chi connectivity index (χ0v) is 18.3. The zero-order valence-electron chi connectivity index (χ0n) is 18.3. The van der Waals surface area contributed by atoms with E-state index in [4.69, 9.17) is 9.47 Å². The van der Waals surface area contributed by atoms with Gasteiger partial charge in [0.05, 0.1) is 6.61 Å². The van der Waals surface area contributed by atoms with Crippen LogP contribution in [-0.4, -0.2) is 57.3 Å². The fourth-order valence-corrected chi connectivity index (χ4v) is 4.37. The SMILES string of the molecule is CCOC(=O)c1nn(CC(=O)N2CCC(Oc3ncccc3C)CC2)c2c1CCCC2. The first-order valence-corrected chi connectivity index (χ1v) is 11.2. The number of nitrogens with zero attached hydrogens (tertiary/aromatic N) is 4. The van der Waals surface area contributed by atoms with Crippen molar-refractivity contribution in [3.05, 3.63) is 40.8 Å². The highest BCUT2D eigenvalue weighted by Gasteiger charge is 2.29. The molecule has 31 heavy (non-hydrogen) atoms. The molecule has 0 spiro atoms. The van der Waals surface area contributed by atoms with Gasteiger partial charge < -0.3 is 14.4 Å². The monoisotopic (exact) mass is 426 g/mol. The number of carbonyl (C=O) groups excluding carboxylic acids is 2. The first-order valence-electron chi connectivity index (χ1n) is 11.2. The Balaban J connectivity index is 1.38. The van der Waals surface area contributed by atoms with Crippen LogP contribution in [0.2, 0.25) is 0 Å². The third-order valence-electron chi connectivity index (χ3n) is 6.05. The van der Waals surface area contributed by atoms with E-state index in [1.54, 1.807) is 17.8 Å². The average Bonchev–Trinajstić information content (AvgIpc) is 3.15. The highest BCUT2D eigenvalue weighted by atomic mass is 16.5. The molecule has 1 aliphatic carbocycles. The number of aromatic nitrogens is 3. The van der Waals surface area contributed by atoms with Gasteiger partial charge in [0.2, 0.25) is 11.8 Å². The number of aryl methyl sites for hydroxylation is 1.